The average Bonchev–Trinajstić information content (AvgIpc) is 3.67. The smallest absolute Gasteiger partial charge is 0.272 e. The number of thioether (sulfide) groups is 1. The number of aryl methyl sites for hydroxylation is 1. The van der Waals surface area contributed by atoms with Gasteiger partial charge in [0.25, 0.3) is 11.8 Å². The molecular formula is C45H41N3O5S. The molecule has 272 valence electrons. The van der Waals surface area contributed by atoms with Crippen molar-refractivity contribution >= 4 is 46.9 Å². The van der Waals surface area contributed by atoms with Crippen molar-refractivity contribution in [3.05, 3.63) is 174 Å². The van der Waals surface area contributed by atoms with Gasteiger partial charge in [-0.1, -0.05) is 91.7 Å². The number of hydrogen-bond acceptors (Lipinski definition) is 6. The number of nitrogens with one attached hydrogen (secondary N) is 3. The lowest BCUT2D eigenvalue weighted by Crippen LogP contribution is -2.30. The second-order valence-electron chi connectivity index (χ2n) is 12.5. The van der Waals surface area contributed by atoms with Crippen molar-refractivity contribution < 1.29 is 23.5 Å². The number of benzene rings is 5. The summed E-state index contributed by atoms with van der Waals surface area (Å²) in [5.41, 5.74) is 4.47. The molecule has 5 aromatic carbocycles. The highest BCUT2D eigenvalue weighted by Crippen LogP contribution is 2.37. The van der Waals surface area contributed by atoms with E-state index in [4.69, 9.17) is 9.15 Å². The summed E-state index contributed by atoms with van der Waals surface area (Å²) in [4.78, 5) is 41.3. The summed E-state index contributed by atoms with van der Waals surface area (Å²) in [6.45, 7) is 4.78. The quantitative estimate of drug-likeness (QED) is 0.0550. The second kappa shape index (κ2) is 18.4. The minimum atomic E-state index is -0.548. The predicted octanol–water partition coefficient (Wildman–Crippen LogP) is 10.3. The van der Waals surface area contributed by atoms with Gasteiger partial charge in [-0.25, -0.2) is 0 Å². The molecular weight excluding hydrogens is 695 g/mol. The van der Waals surface area contributed by atoms with Crippen LogP contribution >= 0.6 is 11.8 Å². The highest BCUT2D eigenvalue weighted by Gasteiger charge is 2.23. The first kappa shape index (κ1) is 37.4. The Labute approximate surface area is 319 Å². The number of ether oxygens (including phenoxy) is 1. The van der Waals surface area contributed by atoms with Gasteiger partial charge in [0.15, 0.2) is 0 Å². The zero-order chi connectivity index (χ0) is 37.7. The van der Waals surface area contributed by atoms with Gasteiger partial charge in [-0.15, -0.1) is 11.8 Å². The number of hydrogen-bond donors (Lipinski definition) is 3. The van der Waals surface area contributed by atoms with E-state index in [0.717, 1.165) is 40.2 Å². The molecule has 1 aromatic heterocycles. The number of anilines is 2. The van der Waals surface area contributed by atoms with E-state index in [9.17, 15) is 14.4 Å². The normalized spacial score (nSPS) is 11.7. The molecule has 0 bridgehead atoms. The van der Waals surface area contributed by atoms with Crippen molar-refractivity contribution in [1.29, 1.82) is 0 Å². The predicted molar refractivity (Wildman–Crippen MR) is 216 cm³/mol. The van der Waals surface area contributed by atoms with Crippen LogP contribution in [0.1, 0.15) is 52.3 Å². The average molecular weight is 736 g/mol. The van der Waals surface area contributed by atoms with Crippen LogP contribution in [0.5, 0.6) is 5.75 Å². The maximum Gasteiger partial charge on any atom is 0.272 e. The molecule has 54 heavy (non-hydrogen) atoms. The van der Waals surface area contributed by atoms with Crippen LogP contribution in [-0.2, 0) is 9.59 Å². The fraction of sp³-hybridized carbons (Fsp3) is 0.133. The van der Waals surface area contributed by atoms with Crippen LogP contribution in [0, 0.1) is 6.92 Å². The Morgan fingerprint density at radius 3 is 2.07 bits per heavy atom. The zero-order valence-electron chi connectivity index (χ0n) is 30.1. The third-order valence-corrected chi connectivity index (χ3v) is 9.64. The van der Waals surface area contributed by atoms with Crippen molar-refractivity contribution in [2.24, 2.45) is 0 Å². The van der Waals surface area contributed by atoms with E-state index in [1.54, 1.807) is 42.5 Å². The largest absolute Gasteiger partial charge is 0.494 e. The molecule has 9 heteroatoms. The van der Waals surface area contributed by atoms with Crippen LogP contribution in [0.25, 0.3) is 17.4 Å². The van der Waals surface area contributed by atoms with E-state index < -0.39 is 17.1 Å². The van der Waals surface area contributed by atoms with Gasteiger partial charge in [0.1, 0.15) is 28.2 Å². The van der Waals surface area contributed by atoms with Crippen molar-refractivity contribution in [3.63, 3.8) is 0 Å². The number of unbranched alkanes of at least 4 members (excludes halogenated alkanes) is 1. The van der Waals surface area contributed by atoms with E-state index in [0.29, 0.717) is 35.1 Å². The van der Waals surface area contributed by atoms with Gasteiger partial charge in [-0.05, 0) is 91.7 Å². The SMILES string of the molecule is CCCCOc1ccc(NC(=O)C(Sc2ccc(NC(=O)C(=Cc3ccc(-c4ccc(C)cc4)o3)NC(=O)c3ccccc3)cc2)c2ccccc2)cc1. The van der Waals surface area contributed by atoms with Gasteiger partial charge in [-0.2, -0.15) is 0 Å². The molecule has 6 aromatic rings. The summed E-state index contributed by atoms with van der Waals surface area (Å²) in [7, 11) is 0. The summed E-state index contributed by atoms with van der Waals surface area (Å²) >= 11 is 1.40. The summed E-state index contributed by atoms with van der Waals surface area (Å²) < 4.78 is 11.8. The van der Waals surface area contributed by atoms with Crippen molar-refractivity contribution in [3.8, 4) is 17.1 Å². The minimum absolute atomic E-state index is 0.00785. The fourth-order valence-electron chi connectivity index (χ4n) is 5.42. The monoisotopic (exact) mass is 735 g/mol. The molecule has 3 amide bonds. The first-order valence-corrected chi connectivity index (χ1v) is 18.6. The molecule has 0 spiro atoms. The number of rotatable bonds is 15. The molecule has 8 nitrogen and oxygen atoms in total. The van der Waals surface area contributed by atoms with Gasteiger partial charge in [0.05, 0.1) is 6.61 Å². The Kier molecular flexibility index (Phi) is 12.8. The van der Waals surface area contributed by atoms with Gasteiger partial charge in [-0.3, -0.25) is 14.4 Å². The highest BCUT2D eigenvalue weighted by molar-refractivity contribution is 8.00. The van der Waals surface area contributed by atoms with Crippen LogP contribution in [0.15, 0.2) is 161 Å². The maximum atomic E-state index is 13.7. The van der Waals surface area contributed by atoms with E-state index in [2.05, 4.69) is 22.9 Å². The number of amides is 3. The lowest BCUT2D eigenvalue weighted by molar-refractivity contribution is -0.116. The Balaban J connectivity index is 1.16. The molecule has 3 N–H and O–H groups in total. The third kappa shape index (κ3) is 10.4. The van der Waals surface area contributed by atoms with Crippen LogP contribution in [0.3, 0.4) is 0 Å². The number of carbonyl (C=O) groups excluding carboxylic acids is 3. The lowest BCUT2D eigenvalue weighted by atomic mass is 10.1. The van der Waals surface area contributed by atoms with Crippen LogP contribution in [-0.4, -0.2) is 24.3 Å². The Bertz CT molecular complexity index is 2180. The van der Waals surface area contributed by atoms with Gasteiger partial charge in [0, 0.05) is 33.5 Å². The van der Waals surface area contributed by atoms with Gasteiger partial charge >= 0.3 is 0 Å². The molecule has 0 saturated carbocycles. The van der Waals surface area contributed by atoms with E-state index >= 15 is 0 Å². The fourth-order valence-corrected chi connectivity index (χ4v) is 6.44. The third-order valence-electron chi connectivity index (χ3n) is 8.37. The Morgan fingerprint density at radius 2 is 1.39 bits per heavy atom. The molecule has 6 rings (SSSR count). The molecule has 0 fully saturated rings. The summed E-state index contributed by atoms with van der Waals surface area (Å²) in [5, 5.41) is 8.14. The minimum Gasteiger partial charge on any atom is -0.494 e. The van der Waals surface area contributed by atoms with E-state index in [1.165, 1.54) is 17.8 Å². The maximum absolute atomic E-state index is 13.7. The van der Waals surface area contributed by atoms with E-state index in [-0.39, 0.29) is 11.6 Å². The van der Waals surface area contributed by atoms with E-state index in [1.807, 2.05) is 110 Å². The second-order valence-corrected chi connectivity index (χ2v) is 13.7. The first-order valence-electron chi connectivity index (χ1n) is 17.8. The summed E-state index contributed by atoms with van der Waals surface area (Å²) in [5.74, 6) is 0.660. The van der Waals surface area contributed by atoms with Gasteiger partial charge < -0.3 is 25.1 Å². The standard InChI is InChI=1S/C45H41N3O5S/c1-3-4-29-52-37-23-19-35(20-24-37)47-45(51)42(33-11-7-5-8-12-33)54-39-26-21-36(22-27-39)46-44(50)40(48-43(49)34-13-9-6-10-14-34)30-38-25-28-41(53-38)32-17-15-31(2)16-18-32/h5-28,30,42H,3-4,29H2,1-2H3,(H,46,50)(H,47,51)(H,48,49). The topological polar surface area (TPSA) is 110 Å². The molecule has 0 aliphatic heterocycles. The molecule has 0 aliphatic rings. The highest BCUT2D eigenvalue weighted by atomic mass is 32.2. The summed E-state index contributed by atoms with van der Waals surface area (Å²) in [6.07, 6.45) is 3.54. The first-order chi connectivity index (χ1) is 26.3. The Morgan fingerprint density at radius 1 is 0.741 bits per heavy atom. The van der Waals surface area contributed by atoms with Crippen molar-refractivity contribution in [2.75, 3.05) is 17.2 Å². The number of carbonyl (C=O) groups is 3. The molecule has 0 saturated heterocycles. The molecule has 1 heterocycles. The van der Waals surface area contributed by atoms with Crippen LogP contribution < -0.4 is 20.7 Å². The zero-order valence-corrected chi connectivity index (χ0v) is 30.9. The van der Waals surface area contributed by atoms with Crippen LogP contribution in [0.2, 0.25) is 0 Å². The Hall–Kier alpha value is -6.32. The van der Waals surface area contributed by atoms with Gasteiger partial charge in [0.2, 0.25) is 5.91 Å². The lowest BCUT2D eigenvalue weighted by Gasteiger charge is -2.18. The van der Waals surface area contributed by atoms with Crippen molar-refractivity contribution in [1.82, 2.24) is 5.32 Å². The summed E-state index contributed by atoms with van der Waals surface area (Å²) in [6, 6.07) is 44.4. The molecule has 0 radical (unpaired) electrons. The molecule has 1 unspecified atom stereocenters. The van der Waals surface area contributed by atoms with Crippen LogP contribution in [0.4, 0.5) is 11.4 Å². The number of furan rings is 1. The molecule has 0 aliphatic carbocycles. The van der Waals surface area contributed by atoms with Crippen molar-refractivity contribution in [2.45, 2.75) is 36.8 Å². The molecule has 1 atom stereocenters.